The topological polar surface area (TPSA) is 110 Å². The average Bonchev–Trinajstić information content (AvgIpc) is 2.87. The Morgan fingerprint density at radius 1 is 1.18 bits per heavy atom. The van der Waals surface area contributed by atoms with E-state index in [4.69, 9.17) is 4.74 Å². The molecule has 3 aromatic rings. The molecule has 33 heavy (non-hydrogen) atoms. The Morgan fingerprint density at radius 2 is 2.06 bits per heavy atom. The number of hydrogen-bond donors (Lipinski definition) is 1. The summed E-state index contributed by atoms with van der Waals surface area (Å²) in [6.45, 7) is 2.74. The summed E-state index contributed by atoms with van der Waals surface area (Å²) in [7, 11) is 1.61. The summed E-state index contributed by atoms with van der Waals surface area (Å²) in [5.74, 6) is 0.833. The minimum absolute atomic E-state index is 0.186. The van der Waals surface area contributed by atoms with Crippen LogP contribution in [0.3, 0.4) is 0 Å². The van der Waals surface area contributed by atoms with Gasteiger partial charge in [-0.25, -0.2) is 15.0 Å². The van der Waals surface area contributed by atoms with E-state index in [1.807, 2.05) is 24.3 Å². The summed E-state index contributed by atoms with van der Waals surface area (Å²) in [5.41, 5.74) is 2.21. The fourth-order valence-electron chi connectivity index (χ4n) is 3.93. The third kappa shape index (κ3) is 5.14. The first-order valence-electron chi connectivity index (χ1n) is 10.9. The molecule has 0 saturated carbocycles. The largest absolute Gasteiger partial charge is 0.497 e. The molecule has 2 aromatic heterocycles. The second kappa shape index (κ2) is 10.2. The van der Waals surface area contributed by atoms with Crippen molar-refractivity contribution in [1.29, 1.82) is 0 Å². The van der Waals surface area contributed by atoms with Crippen LogP contribution in [0.15, 0.2) is 49.1 Å². The molecule has 1 aromatic carbocycles. The highest BCUT2D eigenvalue weighted by molar-refractivity contribution is 5.95. The Kier molecular flexibility index (Phi) is 6.87. The molecule has 0 aliphatic carbocycles. The molecular weight excluding hydrogens is 420 g/mol. The Bertz CT molecular complexity index is 1140. The van der Waals surface area contributed by atoms with Crippen LogP contribution in [-0.4, -0.2) is 50.3 Å². The fourth-order valence-corrected chi connectivity index (χ4v) is 3.93. The lowest BCUT2D eigenvalue weighted by molar-refractivity contribution is 0.0592. The molecular formula is C24H26N6O3. The van der Waals surface area contributed by atoms with Crippen molar-refractivity contribution < 1.29 is 14.3 Å². The molecule has 9 heteroatoms. The van der Waals surface area contributed by atoms with Crippen LogP contribution in [0.1, 0.15) is 63.2 Å². The van der Waals surface area contributed by atoms with E-state index in [-0.39, 0.29) is 17.9 Å². The number of aryl methyl sites for hydroxylation is 1. The van der Waals surface area contributed by atoms with Gasteiger partial charge < -0.3 is 15.0 Å². The van der Waals surface area contributed by atoms with Crippen molar-refractivity contribution >= 4 is 11.8 Å². The Morgan fingerprint density at radius 3 is 2.82 bits per heavy atom. The zero-order valence-corrected chi connectivity index (χ0v) is 18.7. The van der Waals surface area contributed by atoms with Crippen molar-refractivity contribution in [2.24, 2.45) is 0 Å². The number of aromatic nitrogens is 4. The number of nitrogens with zero attached hydrogens (tertiary/aromatic N) is 5. The van der Waals surface area contributed by atoms with Gasteiger partial charge >= 0.3 is 0 Å². The van der Waals surface area contributed by atoms with Crippen molar-refractivity contribution in [1.82, 2.24) is 30.2 Å². The normalized spacial score (nSPS) is 15.7. The first kappa shape index (κ1) is 22.3. The predicted molar refractivity (Wildman–Crippen MR) is 121 cm³/mol. The molecule has 3 heterocycles. The number of ether oxygens (including phenoxy) is 1. The zero-order chi connectivity index (χ0) is 23.2. The van der Waals surface area contributed by atoms with Crippen LogP contribution in [0.5, 0.6) is 5.75 Å². The van der Waals surface area contributed by atoms with E-state index < -0.39 is 0 Å². The molecule has 1 atom stereocenters. The molecule has 1 aliphatic heterocycles. The third-order valence-electron chi connectivity index (χ3n) is 5.67. The third-order valence-corrected chi connectivity index (χ3v) is 5.67. The minimum atomic E-state index is -0.263. The summed E-state index contributed by atoms with van der Waals surface area (Å²) < 4.78 is 5.22. The van der Waals surface area contributed by atoms with E-state index in [1.54, 1.807) is 18.9 Å². The second-order valence-electron chi connectivity index (χ2n) is 7.86. The lowest BCUT2D eigenvalue weighted by Crippen LogP contribution is -2.40. The minimum Gasteiger partial charge on any atom is -0.497 e. The smallest absolute Gasteiger partial charge is 0.274 e. The number of likely N-dealkylation sites (tertiary alicyclic amines) is 1. The van der Waals surface area contributed by atoms with Crippen LogP contribution >= 0.6 is 0 Å². The first-order chi connectivity index (χ1) is 16.1. The number of methoxy groups -OCH3 is 1. The van der Waals surface area contributed by atoms with Crippen LogP contribution in [-0.2, 0) is 6.54 Å². The van der Waals surface area contributed by atoms with Gasteiger partial charge in [0.1, 0.15) is 11.4 Å². The molecule has 0 unspecified atom stereocenters. The summed E-state index contributed by atoms with van der Waals surface area (Å²) >= 11 is 0. The number of carbonyl (C=O) groups excluding carboxylic acids is 2. The molecule has 2 amide bonds. The Labute approximate surface area is 192 Å². The highest BCUT2D eigenvalue weighted by Gasteiger charge is 2.31. The SMILES string of the molecule is COc1cccc(CNC(=O)c2cnc([C@H]3CCCCN3C(=O)c3cnccn3)nc2C)c1. The predicted octanol–water partition coefficient (Wildman–Crippen LogP) is 2.88. The van der Waals surface area contributed by atoms with E-state index >= 15 is 0 Å². The number of hydrogen-bond acceptors (Lipinski definition) is 7. The van der Waals surface area contributed by atoms with Gasteiger partial charge in [-0.2, -0.15) is 0 Å². The van der Waals surface area contributed by atoms with Crippen LogP contribution in [0, 0.1) is 6.92 Å². The molecule has 1 N–H and O–H groups in total. The molecule has 0 spiro atoms. The van der Waals surface area contributed by atoms with Crippen LogP contribution < -0.4 is 10.1 Å². The van der Waals surface area contributed by atoms with Gasteiger partial charge in [-0.15, -0.1) is 0 Å². The fraction of sp³-hybridized carbons (Fsp3) is 0.333. The summed E-state index contributed by atoms with van der Waals surface area (Å²) in [4.78, 5) is 44.7. The van der Waals surface area contributed by atoms with E-state index in [0.29, 0.717) is 35.9 Å². The van der Waals surface area contributed by atoms with E-state index in [1.165, 1.54) is 24.8 Å². The molecule has 4 rings (SSSR count). The molecule has 0 bridgehead atoms. The monoisotopic (exact) mass is 446 g/mol. The maximum Gasteiger partial charge on any atom is 0.274 e. The lowest BCUT2D eigenvalue weighted by Gasteiger charge is -2.34. The van der Waals surface area contributed by atoms with Crippen LogP contribution in [0.4, 0.5) is 0 Å². The highest BCUT2D eigenvalue weighted by atomic mass is 16.5. The van der Waals surface area contributed by atoms with E-state index in [2.05, 4.69) is 25.3 Å². The zero-order valence-electron chi connectivity index (χ0n) is 18.7. The summed E-state index contributed by atoms with van der Waals surface area (Å²) in [5, 5.41) is 2.90. The van der Waals surface area contributed by atoms with Gasteiger partial charge in [0.05, 0.1) is 30.6 Å². The Hall–Kier alpha value is -3.88. The van der Waals surface area contributed by atoms with E-state index in [9.17, 15) is 9.59 Å². The lowest BCUT2D eigenvalue weighted by atomic mass is 10.0. The quantitative estimate of drug-likeness (QED) is 0.620. The number of carbonyl (C=O) groups is 2. The number of amides is 2. The van der Waals surface area contributed by atoms with Gasteiger partial charge in [0, 0.05) is 31.7 Å². The summed E-state index contributed by atoms with van der Waals surface area (Å²) in [6, 6.07) is 7.26. The summed E-state index contributed by atoms with van der Waals surface area (Å²) in [6.07, 6.45) is 8.69. The maximum absolute atomic E-state index is 13.0. The number of piperidine rings is 1. The molecule has 1 aliphatic rings. The first-order valence-corrected chi connectivity index (χ1v) is 10.9. The van der Waals surface area contributed by atoms with Gasteiger partial charge in [0.25, 0.3) is 11.8 Å². The molecule has 9 nitrogen and oxygen atoms in total. The second-order valence-corrected chi connectivity index (χ2v) is 7.86. The van der Waals surface area contributed by atoms with Crippen molar-refractivity contribution in [2.45, 2.75) is 38.8 Å². The van der Waals surface area contributed by atoms with Crippen molar-refractivity contribution in [3.05, 3.63) is 77.4 Å². The maximum atomic E-state index is 13.0. The van der Waals surface area contributed by atoms with E-state index in [0.717, 1.165) is 30.6 Å². The average molecular weight is 447 g/mol. The van der Waals surface area contributed by atoms with Crippen molar-refractivity contribution in [3.8, 4) is 5.75 Å². The van der Waals surface area contributed by atoms with Crippen LogP contribution in [0.25, 0.3) is 0 Å². The number of rotatable bonds is 6. The van der Waals surface area contributed by atoms with Gasteiger partial charge in [-0.05, 0) is 43.9 Å². The van der Waals surface area contributed by atoms with Gasteiger partial charge in [0.15, 0.2) is 5.82 Å². The standard InChI is InChI=1S/C24H26N6O3/c1-16-19(23(31)28-13-17-6-5-7-18(12-17)33-2)14-27-22(29-16)21-8-3-4-11-30(21)24(32)20-15-25-9-10-26-20/h5-7,9-10,12,14-15,21H,3-4,8,11,13H2,1-2H3,(H,28,31)/t21-/m1/s1. The van der Waals surface area contributed by atoms with Crippen molar-refractivity contribution in [2.75, 3.05) is 13.7 Å². The number of nitrogens with one attached hydrogen (secondary N) is 1. The van der Waals surface area contributed by atoms with Gasteiger partial charge in [-0.3, -0.25) is 14.6 Å². The number of benzene rings is 1. The highest BCUT2D eigenvalue weighted by Crippen LogP contribution is 2.30. The Balaban J connectivity index is 1.48. The van der Waals surface area contributed by atoms with Gasteiger partial charge in [-0.1, -0.05) is 12.1 Å². The molecule has 170 valence electrons. The molecule has 1 fully saturated rings. The molecule has 1 saturated heterocycles. The van der Waals surface area contributed by atoms with Gasteiger partial charge in [0.2, 0.25) is 0 Å². The molecule has 0 radical (unpaired) electrons. The van der Waals surface area contributed by atoms with Crippen molar-refractivity contribution in [3.63, 3.8) is 0 Å². The van der Waals surface area contributed by atoms with Crippen LogP contribution in [0.2, 0.25) is 0 Å².